The molecular formula is C13H19ClN2. The fourth-order valence-electron chi connectivity index (χ4n) is 2.22. The second-order valence-electron chi connectivity index (χ2n) is 4.83. The van der Waals surface area contributed by atoms with Crippen LogP contribution in [0.5, 0.6) is 0 Å². The van der Waals surface area contributed by atoms with Crippen molar-refractivity contribution in [3.05, 3.63) is 28.8 Å². The molecule has 0 aliphatic carbocycles. The van der Waals surface area contributed by atoms with E-state index in [1.807, 2.05) is 13.0 Å². The second-order valence-corrected chi connectivity index (χ2v) is 5.24. The normalized spacial score (nSPS) is 26.0. The minimum absolute atomic E-state index is 0.541. The van der Waals surface area contributed by atoms with Crippen molar-refractivity contribution in [1.82, 2.24) is 4.90 Å². The van der Waals surface area contributed by atoms with Crippen molar-refractivity contribution in [2.24, 2.45) is 0 Å². The van der Waals surface area contributed by atoms with Crippen LogP contribution >= 0.6 is 11.6 Å². The summed E-state index contributed by atoms with van der Waals surface area (Å²) in [6.45, 7) is 5.40. The molecule has 16 heavy (non-hydrogen) atoms. The van der Waals surface area contributed by atoms with Crippen molar-refractivity contribution in [3.8, 4) is 0 Å². The van der Waals surface area contributed by atoms with Crippen molar-refractivity contribution in [1.29, 1.82) is 0 Å². The van der Waals surface area contributed by atoms with Gasteiger partial charge in [0.25, 0.3) is 0 Å². The highest BCUT2D eigenvalue weighted by molar-refractivity contribution is 6.31. The van der Waals surface area contributed by atoms with Crippen LogP contribution in [0.3, 0.4) is 0 Å². The number of anilines is 1. The van der Waals surface area contributed by atoms with E-state index >= 15 is 0 Å². The van der Waals surface area contributed by atoms with E-state index in [0.29, 0.717) is 12.1 Å². The lowest BCUT2D eigenvalue weighted by Gasteiger charge is -2.15. The number of nitrogens with one attached hydrogen (secondary N) is 1. The zero-order valence-corrected chi connectivity index (χ0v) is 10.9. The molecular weight excluding hydrogens is 220 g/mol. The molecule has 2 rings (SSSR count). The molecule has 2 nitrogen and oxygen atoms in total. The molecule has 1 saturated heterocycles. The minimum Gasteiger partial charge on any atom is -0.381 e. The van der Waals surface area contributed by atoms with E-state index in [9.17, 15) is 0 Å². The third-order valence-electron chi connectivity index (χ3n) is 3.43. The summed E-state index contributed by atoms with van der Waals surface area (Å²) in [5, 5.41) is 4.38. The molecule has 1 fully saturated rings. The number of likely N-dealkylation sites (N-methyl/N-ethyl adjacent to an activating group) is 1. The van der Waals surface area contributed by atoms with Gasteiger partial charge in [-0.15, -0.1) is 0 Å². The average Bonchev–Trinajstić information content (AvgIpc) is 2.52. The van der Waals surface area contributed by atoms with E-state index in [2.05, 4.69) is 36.3 Å². The Labute approximate surface area is 103 Å². The molecule has 1 aromatic carbocycles. The highest BCUT2D eigenvalue weighted by atomic mass is 35.5. The largest absolute Gasteiger partial charge is 0.381 e. The van der Waals surface area contributed by atoms with Crippen LogP contribution in [0.1, 0.15) is 18.9 Å². The Morgan fingerprint density at radius 1 is 1.44 bits per heavy atom. The van der Waals surface area contributed by atoms with E-state index < -0.39 is 0 Å². The third kappa shape index (κ3) is 2.50. The number of halogens is 1. The fourth-order valence-corrected chi connectivity index (χ4v) is 2.40. The smallest absolute Gasteiger partial charge is 0.0455 e. The maximum absolute atomic E-state index is 6.11. The van der Waals surface area contributed by atoms with E-state index in [1.54, 1.807) is 0 Å². The van der Waals surface area contributed by atoms with Gasteiger partial charge >= 0.3 is 0 Å². The van der Waals surface area contributed by atoms with Gasteiger partial charge in [-0.2, -0.15) is 0 Å². The topological polar surface area (TPSA) is 15.3 Å². The van der Waals surface area contributed by atoms with E-state index in [-0.39, 0.29) is 0 Å². The molecule has 3 heteroatoms. The molecule has 1 N–H and O–H groups in total. The van der Waals surface area contributed by atoms with Crippen LogP contribution in [0.2, 0.25) is 5.02 Å². The predicted octanol–water partition coefficient (Wildman–Crippen LogP) is 3.15. The maximum Gasteiger partial charge on any atom is 0.0455 e. The van der Waals surface area contributed by atoms with Gasteiger partial charge in [0.05, 0.1) is 0 Å². The van der Waals surface area contributed by atoms with Gasteiger partial charge < -0.3 is 10.2 Å². The first kappa shape index (κ1) is 11.7. The summed E-state index contributed by atoms with van der Waals surface area (Å²) in [6.07, 6.45) is 1.20. The van der Waals surface area contributed by atoms with Crippen molar-refractivity contribution in [2.45, 2.75) is 32.4 Å². The molecule has 88 valence electrons. The molecule has 0 bridgehead atoms. The number of hydrogen-bond donors (Lipinski definition) is 1. The quantitative estimate of drug-likeness (QED) is 0.852. The van der Waals surface area contributed by atoms with Crippen LogP contribution < -0.4 is 5.32 Å². The Morgan fingerprint density at radius 3 is 2.75 bits per heavy atom. The molecule has 0 radical (unpaired) electrons. The first-order valence-corrected chi connectivity index (χ1v) is 6.17. The summed E-state index contributed by atoms with van der Waals surface area (Å²) < 4.78 is 0. The predicted molar refractivity (Wildman–Crippen MR) is 70.3 cm³/mol. The Bertz CT molecular complexity index is 368. The monoisotopic (exact) mass is 238 g/mol. The summed E-state index contributed by atoms with van der Waals surface area (Å²) >= 11 is 6.11. The summed E-state index contributed by atoms with van der Waals surface area (Å²) in [5.41, 5.74) is 2.26. The first-order chi connectivity index (χ1) is 7.56. The zero-order chi connectivity index (χ0) is 11.7. The Morgan fingerprint density at radius 2 is 2.19 bits per heavy atom. The molecule has 0 aromatic heterocycles. The third-order valence-corrected chi connectivity index (χ3v) is 3.84. The van der Waals surface area contributed by atoms with Gasteiger partial charge in [-0.25, -0.2) is 0 Å². The van der Waals surface area contributed by atoms with Crippen molar-refractivity contribution < 1.29 is 0 Å². The summed E-state index contributed by atoms with van der Waals surface area (Å²) in [5.74, 6) is 0. The number of likely N-dealkylation sites (tertiary alicyclic amines) is 1. The van der Waals surface area contributed by atoms with Crippen LogP contribution in [-0.2, 0) is 0 Å². The Balaban J connectivity index is 2.02. The minimum atomic E-state index is 0.541. The van der Waals surface area contributed by atoms with Gasteiger partial charge in [-0.1, -0.05) is 17.7 Å². The van der Waals surface area contributed by atoms with E-state index in [4.69, 9.17) is 11.6 Å². The summed E-state index contributed by atoms with van der Waals surface area (Å²) in [6, 6.07) is 7.38. The van der Waals surface area contributed by atoms with E-state index in [0.717, 1.165) is 22.8 Å². The van der Waals surface area contributed by atoms with Crippen LogP contribution in [0.4, 0.5) is 5.69 Å². The van der Waals surface area contributed by atoms with Crippen LogP contribution in [0.15, 0.2) is 18.2 Å². The van der Waals surface area contributed by atoms with Gasteiger partial charge in [0.2, 0.25) is 0 Å². The molecule has 2 unspecified atom stereocenters. The number of nitrogens with zero attached hydrogens (tertiary/aromatic N) is 1. The molecule has 1 heterocycles. The van der Waals surface area contributed by atoms with Crippen molar-refractivity contribution in [3.63, 3.8) is 0 Å². The van der Waals surface area contributed by atoms with Gasteiger partial charge in [-0.3, -0.25) is 0 Å². The number of hydrogen-bond acceptors (Lipinski definition) is 2. The van der Waals surface area contributed by atoms with Crippen molar-refractivity contribution >= 4 is 17.3 Å². The fraction of sp³-hybridized carbons (Fsp3) is 0.538. The van der Waals surface area contributed by atoms with E-state index in [1.165, 1.54) is 6.42 Å². The Hall–Kier alpha value is -0.730. The van der Waals surface area contributed by atoms with Crippen LogP contribution in [0, 0.1) is 6.92 Å². The molecule has 1 aromatic rings. The van der Waals surface area contributed by atoms with Gasteiger partial charge in [-0.05, 0) is 45.0 Å². The first-order valence-electron chi connectivity index (χ1n) is 5.79. The lowest BCUT2D eigenvalue weighted by molar-refractivity contribution is 0.330. The highest BCUT2D eigenvalue weighted by Gasteiger charge is 2.25. The highest BCUT2D eigenvalue weighted by Crippen LogP contribution is 2.23. The summed E-state index contributed by atoms with van der Waals surface area (Å²) in [4.78, 5) is 2.38. The van der Waals surface area contributed by atoms with Gasteiger partial charge in [0, 0.05) is 29.3 Å². The molecule has 0 spiro atoms. The number of aryl methyl sites for hydroxylation is 1. The average molecular weight is 239 g/mol. The second kappa shape index (κ2) is 4.64. The lowest BCUT2D eigenvalue weighted by Crippen LogP contribution is -2.24. The molecule has 0 saturated carbocycles. The molecule has 1 aliphatic rings. The summed E-state index contributed by atoms with van der Waals surface area (Å²) in [7, 11) is 2.18. The van der Waals surface area contributed by atoms with Crippen LogP contribution in [0.25, 0.3) is 0 Å². The van der Waals surface area contributed by atoms with Crippen LogP contribution in [-0.4, -0.2) is 30.6 Å². The molecule has 1 aliphatic heterocycles. The SMILES string of the molecule is Cc1ccc(NC2CC(C)N(C)C2)cc1Cl. The van der Waals surface area contributed by atoms with Gasteiger partial charge in [0.1, 0.15) is 0 Å². The Kier molecular flexibility index (Phi) is 3.41. The lowest BCUT2D eigenvalue weighted by atomic mass is 10.1. The van der Waals surface area contributed by atoms with Gasteiger partial charge in [0.15, 0.2) is 0 Å². The zero-order valence-electron chi connectivity index (χ0n) is 10.1. The maximum atomic E-state index is 6.11. The van der Waals surface area contributed by atoms with Crippen molar-refractivity contribution in [2.75, 3.05) is 18.9 Å². The molecule has 2 atom stereocenters. The number of rotatable bonds is 2. The standard InChI is InChI=1S/C13H19ClN2/c1-9-4-5-11(7-13(9)14)15-12-6-10(2)16(3)8-12/h4-5,7,10,12,15H,6,8H2,1-3H3. The number of benzene rings is 1. The molecule has 0 amide bonds.